The summed E-state index contributed by atoms with van der Waals surface area (Å²) in [6, 6.07) is 0. The van der Waals surface area contributed by atoms with E-state index in [0.717, 1.165) is 19.1 Å². The summed E-state index contributed by atoms with van der Waals surface area (Å²) in [5.41, 5.74) is 0. The highest BCUT2D eigenvalue weighted by Crippen LogP contribution is 2.10. The third-order valence-electron chi connectivity index (χ3n) is 4.08. The van der Waals surface area contributed by atoms with Crippen LogP contribution < -0.4 is 0 Å². The van der Waals surface area contributed by atoms with Crippen molar-refractivity contribution in [1.82, 2.24) is 0 Å². The minimum absolute atomic E-state index is 0.753. The van der Waals surface area contributed by atoms with Crippen molar-refractivity contribution in [3.8, 4) is 0 Å². The molecular formula is C20H38O. The van der Waals surface area contributed by atoms with Crippen LogP contribution in [0.4, 0.5) is 0 Å². The molecule has 0 aliphatic carbocycles. The Bertz CT molecular complexity index is 220. The fraction of sp³-hybridized carbons (Fsp3) is 0.850. The first-order valence-electron chi connectivity index (χ1n) is 9.50. The second-order valence-electron chi connectivity index (χ2n) is 6.25. The summed E-state index contributed by atoms with van der Waals surface area (Å²) in [5.74, 6) is 0. The van der Waals surface area contributed by atoms with E-state index in [1.807, 2.05) is 0 Å². The lowest BCUT2D eigenvalue weighted by atomic mass is 10.1. The van der Waals surface area contributed by atoms with Crippen molar-refractivity contribution in [3.63, 3.8) is 0 Å². The Morgan fingerprint density at radius 2 is 0.905 bits per heavy atom. The fourth-order valence-corrected chi connectivity index (χ4v) is 2.65. The Balaban J connectivity index is 3.03. The van der Waals surface area contributed by atoms with E-state index in [1.165, 1.54) is 89.9 Å². The van der Waals surface area contributed by atoms with E-state index < -0.39 is 0 Å². The summed E-state index contributed by atoms with van der Waals surface area (Å²) in [6.07, 6.45) is 26.6. The first-order chi connectivity index (χ1) is 10.4. The van der Waals surface area contributed by atoms with Gasteiger partial charge in [-0.05, 0) is 32.1 Å². The van der Waals surface area contributed by atoms with Crippen LogP contribution in [0.2, 0.25) is 0 Å². The summed E-state index contributed by atoms with van der Waals surface area (Å²) >= 11 is 0. The van der Waals surface area contributed by atoms with Gasteiger partial charge in [0.05, 0.1) is 0 Å². The molecule has 0 aliphatic rings. The maximum atomic E-state index is 10.2. The molecule has 0 atom stereocenters. The van der Waals surface area contributed by atoms with Crippen molar-refractivity contribution in [2.45, 2.75) is 110 Å². The van der Waals surface area contributed by atoms with Gasteiger partial charge in [0.25, 0.3) is 0 Å². The van der Waals surface area contributed by atoms with E-state index in [2.05, 4.69) is 19.1 Å². The van der Waals surface area contributed by atoms with Crippen molar-refractivity contribution in [2.24, 2.45) is 0 Å². The normalized spacial score (nSPS) is 11.3. The minimum atomic E-state index is 0.753. The predicted molar refractivity (Wildman–Crippen MR) is 94.8 cm³/mol. The van der Waals surface area contributed by atoms with Gasteiger partial charge in [0.1, 0.15) is 6.29 Å². The maximum Gasteiger partial charge on any atom is 0.119 e. The van der Waals surface area contributed by atoms with Crippen LogP contribution in [0, 0.1) is 0 Å². The van der Waals surface area contributed by atoms with Crippen LogP contribution in [0.5, 0.6) is 0 Å². The molecule has 0 fully saturated rings. The highest BCUT2D eigenvalue weighted by atomic mass is 16.2. The summed E-state index contributed by atoms with van der Waals surface area (Å²) in [5, 5.41) is 0. The maximum absolute atomic E-state index is 10.2. The van der Waals surface area contributed by atoms with Crippen LogP contribution in [0.3, 0.4) is 0 Å². The smallest absolute Gasteiger partial charge is 0.119 e. The van der Waals surface area contributed by atoms with E-state index in [0.29, 0.717) is 0 Å². The molecule has 1 heteroatoms. The summed E-state index contributed by atoms with van der Waals surface area (Å²) in [7, 11) is 0. The van der Waals surface area contributed by atoms with E-state index >= 15 is 0 Å². The standard InChI is InChI=1S/C20H38O/c1-2-3-4-5-6-7-8-9-10-11-12-13-14-15-16-17-18-19-20-21/h9-10,20H,2-8,11-19H2,1H3/b10-9-/i20+1. The molecule has 0 radical (unpaired) electrons. The van der Waals surface area contributed by atoms with Gasteiger partial charge in [0.2, 0.25) is 0 Å². The highest BCUT2D eigenvalue weighted by Gasteiger charge is 1.91. The molecule has 21 heavy (non-hydrogen) atoms. The molecule has 0 spiro atoms. The third kappa shape index (κ3) is 19.4. The van der Waals surface area contributed by atoms with Gasteiger partial charge in [-0.15, -0.1) is 0 Å². The summed E-state index contributed by atoms with van der Waals surface area (Å²) < 4.78 is 0. The monoisotopic (exact) mass is 295 g/mol. The van der Waals surface area contributed by atoms with Crippen molar-refractivity contribution in [1.29, 1.82) is 0 Å². The lowest BCUT2D eigenvalue weighted by molar-refractivity contribution is -0.107. The average molecular weight is 296 g/mol. The molecule has 0 aromatic heterocycles. The first-order valence-corrected chi connectivity index (χ1v) is 9.50. The lowest BCUT2D eigenvalue weighted by Gasteiger charge is -2.00. The zero-order valence-electron chi connectivity index (χ0n) is 14.5. The molecule has 0 saturated heterocycles. The van der Waals surface area contributed by atoms with Gasteiger partial charge in [-0.2, -0.15) is 0 Å². The molecule has 0 aromatic carbocycles. The molecule has 124 valence electrons. The SMILES string of the molecule is CCCCCCCC/C=C\CCCCCCCCC[13CH]=O. The quantitative estimate of drug-likeness (QED) is 0.122. The van der Waals surface area contributed by atoms with Gasteiger partial charge in [-0.1, -0.05) is 83.3 Å². The molecule has 0 rings (SSSR count). The zero-order valence-corrected chi connectivity index (χ0v) is 14.5. The Morgan fingerprint density at radius 1 is 0.524 bits per heavy atom. The van der Waals surface area contributed by atoms with E-state index in [1.54, 1.807) is 0 Å². The topological polar surface area (TPSA) is 17.1 Å². The van der Waals surface area contributed by atoms with Crippen molar-refractivity contribution in [3.05, 3.63) is 12.2 Å². The molecule has 0 amide bonds. The molecule has 1 nitrogen and oxygen atoms in total. The number of carbonyl (C=O) groups excluding carboxylic acids is 1. The highest BCUT2D eigenvalue weighted by molar-refractivity contribution is 5.48. The molecule has 0 N–H and O–H groups in total. The molecular weight excluding hydrogens is 257 g/mol. The van der Waals surface area contributed by atoms with E-state index in [-0.39, 0.29) is 0 Å². The van der Waals surface area contributed by atoms with Gasteiger partial charge in [-0.25, -0.2) is 0 Å². The third-order valence-corrected chi connectivity index (χ3v) is 4.08. The Kier molecular flexibility index (Phi) is 18.9. The number of unbranched alkanes of at least 4 members (excludes halogenated alkanes) is 14. The van der Waals surface area contributed by atoms with Crippen LogP contribution in [0.15, 0.2) is 12.2 Å². The Morgan fingerprint density at radius 3 is 1.33 bits per heavy atom. The van der Waals surface area contributed by atoms with Gasteiger partial charge < -0.3 is 4.79 Å². The summed E-state index contributed by atoms with van der Waals surface area (Å²) in [6.45, 7) is 2.27. The lowest BCUT2D eigenvalue weighted by Crippen LogP contribution is -1.81. The average Bonchev–Trinajstić information content (AvgIpc) is 2.50. The number of aldehydes is 1. The number of carbonyl (C=O) groups is 1. The molecule has 0 heterocycles. The van der Waals surface area contributed by atoms with Crippen LogP contribution in [-0.2, 0) is 4.79 Å². The first kappa shape index (κ1) is 20.4. The number of hydrogen-bond acceptors (Lipinski definition) is 1. The van der Waals surface area contributed by atoms with Gasteiger partial charge in [-0.3, -0.25) is 0 Å². The molecule has 0 saturated carbocycles. The predicted octanol–water partition coefficient (Wildman–Crippen LogP) is 7.00. The number of hydrogen-bond donors (Lipinski definition) is 0. The number of rotatable bonds is 17. The molecule has 0 bridgehead atoms. The van der Waals surface area contributed by atoms with Crippen LogP contribution in [0.25, 0.3) is 0 Å². The fourth-order valence-electron chi connectivity index (χ4n) is 2.65. The van der Waals surface area contributed by atoms with Gasteiger partial charge in [0, 0.05) is 6.42 Å². The van der Waals surface area contributed by atoms with E-state index in [9.17, 15) is 4.79 Å². The van der Waals surface area contributed by atoms with Crippen LogP contribution in [0.1, 0.15) is 110 Å². The van der Waals surface area contributed by atoms with Crippen molar-refractivity contribution < 1.29 is 4.79 Å². The second kappa shape index (κ2) is 19.4. The van der Waals surface area contributed by atoms with Gasteiger partial charge in [0.15, 0.2) is 0 Å². The van der Waals surface area contributed by atoms with Crippen molar-refractivity contribution >= 4 is 6.29 Å². The molecule has 0 unspecified atom stereocenters. The summed E-state index contributed by atoms with van der Waals surface area (Å²) in [4.78, 5) is 10.2. The minimum Gasteiger partial charge on any atom is -0.303 e. The van der Waals surface area contributed by atoms with Crippen LogP contribution in [-0.4, -0.2) is 6.29 Å². The Labute approximate surface area is 133 Å². The number of allylic oxidation sites excluding steroid dienone is 2. The largest absolute Gasteiger partial charge is 0.303 e. The van der Waals surface area contributed by atoms with Crippen molar-refractivity contribution in [2.75, 3.05) is 0 Å². The second-order valence-corrected chi connectivity index (χ2v) is 6.25. The molecule has 0 aromatic rings. The van der Waals surface area contributed by atoms with E-state index in [4.69, 9.17) is 0 Å². The van der Waals surface area contributed by atoms with Crippen LogP contribution >= 0.6 is 0 Å². The Hall–Kier alpha value is -0.590. The molecule has 0 aliphatic heterocycles. The van der Waals surface area contributed by atoms with Gasteiger partial charge >= 0.3 is 0 Å². The zero-order chi connectivity index (χ0) is 15.4.